The average molecular weight is 347 g/mol. The summed E-state index contributed by atoms with van der Waals surface area (Å²) in [4.78, 5) is 3.95. The molecule has 1 heterocycles. The number of alkyl halides is 3. The number of hydrogen-bond acceptors (Lipinski definition) is 3. The maximum atomic E-state index is 12.6. The normalized spacial score (nSPS) is 11.4. The summed E-state index contributed by atoms with van der Waals surface area (Å²) in [5, 5.41) is 0. The van der Waals surface area contributed by atoms with E-state index in [1.165, 1.54) is 18.3 Å². The van der Waals surface area contributed by atoms with E-state index in [-0.39, 0.29) is 11.6 Å². The quantitative estimate of drug-likeness (QED) is 0.867. The van der Waals surface area contributed by atoms with Gasteiger partial charge in [0.05, 0.1) is 21.9 Å². The first-order valence-electron chi connectivity index (χ1n) is 5.54. The lowest BCUT2D eigenvalue weighted by Crippen LogP contribution is -2.04. The molecule has 1 aromatic carbocycles. The largest absolute Gasteiger partial charge is 0.438 e. The van der Waals surface area contributed by atoms with E-state index in [0.29, 0.717) is 15.7 Å². The van der Waals surface area contributed by atoms with E-state index in [2.05, 4.69) is 20.9 Å². The predicted molar refractivity (Wildman–Crippen MR) is 72.6 cm³/mol. The molecule has 7 heteroatoms. The zero-order valence-corrected chi connectivity index (χ0v) is 11.9. The molecule has 0 saturated carbocycles. The van der Waals surface area contributed by atoms with Gasteiger partial charge in [-0.3, -0.25) is 0 Å². The van der Waals surface area contributed by atoms with Crippen LogP contribution in [0.25, 0.3) is 0 Å². The van der Waals surface area contributed by atoms with Gasteiger partial charge in [0.2, 0.25) is 5.88 Å². The number of nitrogens with zero attached hydrogens (tertiary/aromatic N) is 1. The van der Waals surface area contributed by atoms with Crippen LogP contribution < -0.4 is 10.5 Å². The average Bonchev–Trinajstić information content (AvgIpc) is 2.39. The molecular weight excluding hydrogens is 337 g/mol. The van der Waals surface area contributed by atoms with Crippen molar-refractivity contribution in [1.82, 2.24) is 4.98 Å². The van der Waals surface area contributed by atoms with E-state index in [1.807, 2.05) is 0 Å². The molecule has 3 nitrogen and oxygen atoms in total. The van der Waals surface area contributed by atoms with E-state index in [0.717, 1.165) is 12.1 Å². The second-order valence-corrected chi connectivity index (χ2v) is 4.88. The molecule has 0 spiro atoms. The van der Waals surface area contributed by atoms with E-state index < -0.39 is 11.7 Å². The fourth-order valence-corrected chi connectivity index (χ4v) is 1.90. The number of anilines is 1. The number of ether oxygens (including phenoxy) is 1. The van der Waals surface area contributed by atoms with Gasteiger partial charge in [0.15, 0.2) is 0 Å². The maximum Gasteiger partial charge on any atom is 0.416 e. The number of halogens is 4. The van der Waals surface area contributed by atoms with Crippen molar-refractivity contribution in [3.05, 3.63) is 46.1 Å². The van der Waals surface area contributed by atoms with Crippen LogP contribution in [0.15, 0.2) is 34.9 Å². The maximum absolute atomic E-state index is 12.6. The third kappa shape index (κ3) is 3.04. The van der Waals surface area contributed by atoms with Crippen LogP contribution in [-0.4, -0.2) is 4.98 Å². The Balaban J connectivity index is 2.34. The Labute approximate surface area is 121 Å². The molecule has 0 aliphatic heterocycles. The van der Waals surface area contributed by atoms with Crippen LogP contribution in [0.1, 0.15) is 11.1 Å². The number of pyridine rings is 1. The third-order valence-corrected chi connectivity index (χ3v) is 3.58. The van der Waals surface area contributed by atoms with Gasteiger partial charge in [0, 0.05) is 0 Å². The van der Waals surface area contributed by atoms with E-state index in [1.54, 1.807) is 6.92 Å². The molecule has 0 atom stereocenters. The Hall–Kier alpha value is -1.76. The molecule has 1 aromatic heterocycles. The fraction of sp³-hybridized carbons (Fsp3) is 0.154. The van der Waals surface area contributed by atoms with Crippen LogP contribution in [0.5, 0.6) is 11.6 Å². The van der Waals surface area contributed by atoms with Crippen LogP contribution >= 0.6 is 15.9 Å². The van der Waals surface area contributed by atoms with E-state index in [4.69, 9.17) is 10.5 Å². The van der Waals surface area contributed by atoms with Gasteiger partial charge in [0.1, 0.15) is 5.75 Å². The minimum atomic E-state index is -4.42. The molecular formula is C13H10BrF3N2O. The molecule has 0 aliphatic carbocycles. The lowest BCUT2D eigenvalue weighted by molar-refractivity contribution is -0.137. The van der Waals surface area contributed by atoms with Gasteiger partial charge in [-0.15, -0.1) is 0 Å². The van der Waals surface area contributed by atoms with E-state index in [9.17, 15) is 13.2 Å². The molecule has 0 saturated heterocycles. The van der Waals surface area contributed by atoms with Crippen molar-refractivity contribution in [2.75, 3.05) is 5.73 Å². The second kappa shape index (κ2) is 5.32. The van der Waals surface area contributed by atoms with Crippen LogP contribution in [0.3, 0.4) is 0 Å². The third-order valence-electron chi connectivity index (χ3n) is 2.65. The number of benzene rings is 1. The van der Waals surface area contributed by atoms with Gasteiger partial charge in [-0.2, -0.15) is 13.2 Å². The van der Waals surface area contributed by atoms with Crippen molar-refractivity contribution in [2.24, 2.45) is 0 Å². The molecule has 2 N–H and O–H groups in total. The Morgan fingerprint density at radius 2 is 2.00 bits per heavy atom. The minimum absolute atomic E-state index is 0.0530. The van der Waals surface area contributed by atoms with Crippen molar-refractivity contribution in [3.63, 3.8) is 0 Å². The van der Waals surface area contributed by atoms with Crippen molar-refractivity contribution in [1.29, 1.82) is 0 Å². The van der Waals surface area contributed by atoms with Crippen LogP contribution in [0.2, 0.25) is 0 Å². The summed E-state index contributed by atoms with van der Waals surface area (Å²) in [6, 6.07) is 4.59. The van der Waals surface area contributed by atoms with Crippen LogP contribution in [0, 0.1) is 6.92 Å². The summed E-state index contributed by atoms with van der Waals surface area (Å²) in [5.41, 5.74) is 6.06. The van der Waals surface area contributed by atoms with Gasteiger partial charge in [0.25, 0.3) is 0 Å². The molecule has 106 valence electrons. The van der Waals surface area contributed by atoms with Gasteiger partial charge in [-0.1, -0.05) is 6.07 Å². The SMILES string of the molecule is Cc1c(N)cnc(Oc2cccc(C(F)(F)F)c2)c1Br. The van der Waals surface area contributed by atoms with Crippen molar-refractivity contribution < 1.29 is 17.9 Å². The Morgan fingerprint density at radius 1 is 1.30 bits per heavy atom. The highest BCUT2D eigenvalue weighted by atomic mass is 79.9. The number of aromatic nitrogens is 1. The van der Waals surface area contributed by atoms with Crippen molar-refractivity contribution in [2.45, 2.75) is 13.1 Å². The molecule has 0 fully saturated rings. The highest BCUT2D eigenvalue weighted by Crippen LogP contribution is 2.35. The summed E-state index contributed by atoms with van der Waals surface area (Å²) >= 11 is 3.26. The Bertz CT molecular complexity index is 644. The smallest absolute Gasteiger partial charge is 0.416 e. The highest BCUT2D eigenvalue weighted by molar-refractivity contribution is 9.10. The standard InChI is InChI=1S/C13H10BrF3N2O/c1-7-10(18)6-19-12(11(7)14)20-9-4-2-3-8(5-9)13(15,16)17/h2-6H,18H2,1H3. The van der Waals surface area contributed by atoms with Crippen LogP contribution in [-0.2, 0) is 6.18 Å². The molecule has 0 unspecified atom stereocenters. The lowest BCUT2D eigenvalue weighted by atomic mass is 10.2. The van der Waals surface area contributed by atoms with Crippen LogP contribution in [0.4, 0.5) is 18.9 Å². The zero-order chi connectivity index (χ0) is 14.9. The van der Waals surface area contributed by atoms with Gasteiger partial charge >= 0.3 is 6.18 Å². The first kappa shape index (κ1) is 14.6. The molecule has 2 rings (SSSR count). The molecule has 0 radical (unpaired) electrons. The van der Waals surface area contributed by atoms with Gasteiger partial charge in [-0.05, 0) is 46.6 Å². The lowest BCUT2D eigenvalue weighted by Gasteiger charge is -2.11. The van der Waals surface area contributed by atoms with Crippen molar-refractivity contribution >= 4 is 21.6 Å². The number of nitrogen functional groups attached to an aromatic ring is 1. The molecule has 2 aromatic rings. The summed E-state index contributed by atoms with van der Waals surface area (Å²) < 4.78 is 43.7. The van der Waals surface area contributed by atoms with Crippen molar-refractivity contribution in [3.8, 4) is 11.6 Å². The highest BCUT2D eigenvalue weighted by Gasteiger charge is 2.30. The minimum Gasteiger partial charge on any atom is -0.438 e. The molecule has 0 aliphatic rings. The van der Waals surface area contributed by atoms with E-state index >= 15 is 0 Å². The fourth-order valence-electron chi connectivity index (χ4n) is 1.49. The molecule has 0 bridgehead atoms. The van der Waals surface area contributed by atoms with Gasteiger partial charge in [-0.25, -0.2) is 4.98 Å². The summed E-state index contributed by atoms with van der Waals surface area (Å²) in [7, 11) is 0. The molecule has 20 heavy (non-hydrogen) atoms. The number of rotatable bonds is 2. The second-order valence-electron chi connectivity index (χ2n) is 4.09. The first-order chi connectivity index (χ1) is 9.29. The predicted octanol–water partition coefficient (Wildman–Crippen LogP) is 4.55. The number of nitrogens with two attached hydrogens (primary N) is 1. The first-order valence-corrected chi connectivity index (χ1v) is 6.34. The number of hydrogen-bond donors (Lipinski definition) is 1. The monoisotopic (exact) mass is 346 g/mol. The Kier molecular flexibility index (Phi) is 3.89. The summed E-state index contributed by atoms with van der Waals surface area (Å²) in [5.74, 6) is 0.216. The van der Waals surface area contributed by atoms with Gasteiger partial charge < -0.3 is 10.5 Å². The molecule has 0 amide bonds. The topological polar surface area (TPSA) is 48.1 Å². The summed E-state index contributed by atoms with van der Waals surface area (Å²) in [6.45, 7) is 1.75. The zero-order valence-electron chi connectivity index (χ0n) is 10.3. The summed E-state index contributed by atoms with van der Waals surface area (Å²) in [6.07, 6.45) is -3.02. The Morgan fingerprint density at radius 3 is 2.65 bits per heavy atom.